The van der Waals surface area contributed by atoms with Crippen molar-refractivity contribution in [1.82, 2.24) is 9.88 Å². The molecule has 1 aromatic carbocycles. The van der Waals surface area contributed by atoms with Crippen LogP contribution in [0.25, 0.3) is 11.1 Å². The summed E-state index contributed by atoms with van der Waals surface area (Å²) in [5.41, 5.74) is 14.9. The van der Waals surface area contributed by atoms with Crippen LogP contribution in [-0.2, 0) is 12.8 Å². The Balaban J connectivity index is 1.63. The minimum absolute atomic E-state index is 0.688. The monoisotopic (exact) mass is 392 g/mol. The van der Waals surface area contributed by atoms with Crippen molar-refractivity contribution >= 4 is 17.2 Å². The summed E-state index contributed by atoms with van der Waals surface area (Å²) >= 11 is 1.74. The van der Waals surface area contributed by atoms with Gasteiger partial charge in [-0.25, -0.2) is 4.98 Å². The summed E-state index contributed by atoms with van der Waals surface area (Å²) in [5, 5.41) is 7.96. The topological polar surface area (TPSA) is 54.2 Å². The zero-order valence-corrected chi connectivity index (χ0v) is 17.5. The van der Waals surface area contributed by atoms with Crippen molar-refractivity contribution < 1.29 is 0 Å². The normalized spacial score (nSPS) is 12.3. The predicted molar refractivity (Wildman–Crippen MR) is 119 cm³/mol. The van der Waals surface area contributed by atoms with Gasteiger partial charge < -0.3 is 16.0 Å². The highest BCUT2D eigenvalue weighted by Gasteiger charge is 2.23. The zero-order valence-electron chi connectivity index (χ0n) is 16.7. The van der Waals surface area contributed by atoms with Crippen molar-refractivity contribution in [2.45, 2.75) is 19.8 Å². The lowest BCUT2D eigenvalue weighted by Gasteiger charge is -2.18. The van der Waals surface area contributed by atoms with Crippen LogP contribution in [0.1, 0.15) is 27.9 Å². The fourth-order valence-corrected chi connectivity index (χ4v) is 4.60. The number of nitrogens with zero attached hydrogens (tertiary/aromatic N) is 2. The van der Waals surface area contributed by atoms with Crippen LogP contribution in [0.2, 0.25) is 0 Å². The first-order chi connectivity index (χ1) is 13.6. The second-order valence-electron chi connectivity index (χ2n) is 7.66. The zero-order chi connectivity index (χ0) is 19.5. The number of thiophene rings is 1. The number of aromatic nitrogens is 1. The minimum Gasteiger partial charge on any atom is -0.368 e. The van der Waals surface area contributed by atoms with E-state index in [0.717, 1.165) is 44.0 Å². The summed E-state index contributed by atoms with van der Waals surface area (Å²) in [4.78, 5) is 7.28. The summed E-state index contributed by atoms with van der Waals surface area (Å²) in [5.74, 6) is 1.02. The lowest BCUT2D eigenvalue weighted by Crippen LogP contribution is -2.30. The Kier molecular flexibility index (Phi) is 5.76. The van der Waals surface area contributed by atoms with Crippen molar-refractivity contribution in [3.8, 4) is 11.1 Å². The number of likely N-dealkylation sites (N-methyl/N-ethyl adjacent to an activating group) is 1. The summed E-state index contributed by atoms with van der Waals surface area (Å²) in [6, 6.07) is 11.3. The third-order valence-corrected chi connectivity index (χ3v) is 6.06. The van der Waals surface area contributed by atoms with Gasteiger partial charge in [0.1, 0.15) is 5.82 Å². The first-order valence-corrected chi connectivity index (χ1v) is 10.8. The Morgan fingerprint density at radius 3 is 2.86 bits per heavy atom. The molecule has 0 amide bonds. The molecule has 5 heteroatoms. The number of rotatable bonds is 8. The van der Waals surface area contributed by atoms with Crippen LogP contribution in [0.15, 0.2) is 41.1 Å². The van der Waals surface area contributed by atoms with Crippen molar-refractivity contribution in [2.24, 2.45) is 5.73 Å². The SMILES string of the molecule is Cc1ccc2c(c1)Cc1cc(Cc3ccsc3)nc(NCCN(C)CCN)c1-2. The highest BCUT2D eigenvalue weighted by Crippen LogP contribution is 2.41. The maximum absolute atomic E-state index is 5.66. The van der Waals surface area contributed by atoms with Crippen LogP contribution in [0.3, 0.4) is 0 Å². The van der Waals surface area contributed by atoms with Gasteiger partial charge >= 0.3 is 0 Å². The Morgan fingerprint density at radius 2 is 2.07 bits per heavy atom. The van der Waals surface area contributed by atoms with Gasteiger partial charge in [0.05, 0.1) is 0 Å². The van der Waals surface area contributed by atoms with Gasteiger partial charge in [-0.15, -0.1) is 0 Å². The van der Waals surface area contributed by atoms with Gasteiger partial charge in [-0.1, -0.05) is 23.8 Å². The van der Waals surface area contributed by atoms with Gasteiger partial charge in [-0.05, 0) is 65.5 Å². The second-order valence-corrected chi connectivity index (χ2v) is 8.44. The first-order valence-electron chi connectivity index (χ1n) is 9.90. The summed E-state index contributed by atoms with van der Waals surface area (Å²) in [6.07, 6.45) is 1.88. The van der Waals surface area contributed by atoms with Crippen LogP contribution in [0.5, 0.6) is 0 Å². The minimum atomic E-state index is 0.688. The Labute approximate surface area is 171 Å². The molecule has 3 N–H and O–H groups in total. The van der Waals surface area contributed by atoms with E-state index in [1.54, 1.807) is 11.3 Å². The number of fused-ring (bicyclic) bond motifs is 3. The van der Waals surface area contributed by atoms with E-state index in [1.165, 1.54) is 33.4 Å². The molecule has 0 atom stereocenters. The van der Waals surface area contributed by atoms with Crippen LogP contribution in [0, 0.1) is 6.92 Å². The number of nitrogens with two attached hydrogens (primary N) is 1. The molecule has 0 bridgehead atoms. The van der Waals surface area contributed by atoms with Crippen molar-refractivity contribution in [1.29, 1.82) is 0 Å². The number of anilines is 1. The number of hydrogen-bond acceptors (Lipinski definition) is 5. The van der Waals surface area contributed by atoms with Crippen molar-refractivity contribution in [3.05, 3.63) is 69.0 Å². The Bertz CT molecular complexity index is 949. The average molecular weight is 393 g/mol. The van der Waals surface area contributed by atoms with E-state index < -0.39 is 0 Å². The number of pyridine rings is 1. The molecule has 0 radical (unpaired) electrons. The lowest BCUT2D eigenvalue weighted by molar-refractivity contribution is 0.357. The molecule has 1 aliphatic rings. The van der Waals surface area contributed by atoms with Crippen LogP contribution >= 0.6 is 11.3 Å². The molecule has 0 aliphatic heterocycles. The maximum atomic E-state index is 5.66. The van der Waals surface area contributed by atoms with E-state index >= 15 is 0 Å². The van der Waals surface area contributed by atoms with Crippen LogP contribution in [0.4, 0.5) is 5.82 Å². The summed E-state index contributed by atoms with van der Waals surface area (Å²) in [7, 11) is 2.11. The van der Waals surface area contributed by atoms with Gasteiger partial charge in [-0.2, -0.15) is 11.3 Å². The molecule has 4 rings (SSSR count). The predicted octanol–water partition coefficient (Wildman–Crippen LogP) is 3.92. The highest BCUT2D eigenvalue weighted by atomic mass is 32.1. The van der Waals surface area contributed by atoms with Gasteiger partial charge in [0.15, 0.2) is 0 Å². The molecule has 2 aromatic heterocycles. The summed E-state index contributed by atoms with van der Waals surface area (Å²) < 4.78 is 0. The molecule has 0 spiro atoms. The molecular weight excluding hydrogens is 364 g/mol. The average Bonchev–Trinajstić information content (AvgIpc) is 3.28. The molecule has 0 saturated carbocycles. The van der Waals surface area contributed by atoms with Crippen LogP contribution < -0.4 is 11.1 Å². The maximum Gasteiger partial charge on any atom is 0.134 e. The van der Waals surface area contributed by atoms with E-state index in [9.17, 15) is 0 Å². The largest absolute Gasteiger partial charge is 0.368 e. The first kappa shape index (κ1) is 19.1. The number of benzene rings is 1. The van der Waals surface area contributed by atoms with Gasteiger partial charge in [0.25, 0.3) is 0 Å². The van der Waals surface area contributed by atoms with Crippen molar-refractivity contribution in [3.63, 3.8) is 0 Å². The molecular formula is C23H28N4S. The van der Waals surface area contributed by atoms with E-state index in [2.05, 4.69) is 65.3 Å². The Morgan fingerprint density at radius 1 is 1.18 bits per heavy atom. The van der Waals surface area contributed by atoms with Crippen molar-refractivity contribution in [2.75, 3.05) is 38.5 Å². The number of nitrogens with one attached hydrogen (secondary N) is 1. The lowest BCUT2D eigenvalue weighted by atomic mass is 10.0. The fourth-order valence-electron chi connectivity index (χ4n) is 3.93. The van der Waals surface area contributed by atoms with E-state index in [0.29, 0.717) is 6.54 Å². The van der Waals surface area contributed by atoms with Gasteiger partial charge in [-0.3, -0.25) is 0 Å². The van der Waals surface area contributed by atoms with Gasteiger partial charge in [0.2, 0.25) is 0 Å². The van der Waals surface area contributed by atoms with E-state index in [-0.39, 0.29) is 0 Å². The molecule has 1 aliphatic carbocycles. The molecule has 0 saturated heterocycles. The third kappa shape index (κ3) is 4.12. The molecule has 146 valence electrons. The second kappa shape index (κ2) is 8.43. The Hall–Kier alpha value is -2.21. The van der Waals surface area contributed by atoms with E-state index in [1.807, 2.05) is 0 Å². The van der Waals surface area contributed by atoms with Gasteiger partial charge in [0, 0.05) is 43.9 Å². The standard InChI is InChI=1S/C23H28N4S/c1-16-3-4-21-18(11-16)13-19-14-20(12-17-5-10-28-15-17)26-23(22(19)21)25-7-9-27(2)8-6-24/h3-5,10-11,14-15H,6-9,12-13,24H2,1-2H3,(H,25,26). The smallest absolute Gasteiger partial charge is 0.134 e. The molecule has 28 heavy (non-hydrogen) atoms. The molecule has 0 fully saturated rings. The molecule has 2 heterocycles. The molecule has 3 aromatic rings. The third-order valence-electron chi connectivity index (χ3n) is 5.33. The molecule has 0 unspecified atom stereocenters. The molecule has 4 nitrogen and oxygen atoms in total. The van der Waals surface area contributed by atoms with E-state index in [4.69, 9.17) is 10.7 Å². The van der Waals surface area contributed by atoms with Crippen LogP contribution in [-0.4, -0.2) is 43.1 Å². The number of hydrogen-bond donors (Lipinski definition) is 2. The quantitative estimate of drug-likeness (QED) is 0.477. The number of aryl methyl sites for hydroxylation is 1. The fraction of sp³-hybridized carbons (Fsp3) is 0.348. The highest BCUT2D eigenvalue weighted by molar-refractivity contribution is 7.07. The summed E-state index contributed by atoms with van der Waals surface area (Å²) in [6.45, 7) is 5.57.